The maximum Gasteiger partial charge on any atom is 0.202 e. The van der Waals surface area contributed by atoms with Crippen molar-refractivity contribution in [1.29, 1.82) is 0 Å². The van der Waals surface area contributed by atoms with Crippen molar-refractivity contribution in [3.63, 3.8) is 0 Å². The van der Waals surface area contributed by atoms with E-state index in [0.29, 0.717) is 12.1 Å². The van der Waals surface area contributed by atoms with Crippen molar-refractivity contribution in [2.45, 2.75) is 45.9 Å². The van der Waals surface area contributed by atoms with Crippen LogP contribution >= 0.6 is 0 Å². The summed E-state index contributed by atoms with van der Waals surface area (Å²) in [5.74, 6) is 0.968. The van der Waals surface area contributed by atoms with E-state index in [1.165, 1.54) is 0 Å². The lowest BCUT2D eigenvalue weighted by Gasteiger charge is -2.51. The van der Waals surface area contributed by atoms with E-state index in [-0.39, 0.29) is 5.41 Å². The number of aromatic nitrogens is 2. The van der Waals surface area contributed by atoms with Gasteiger partial charge < -0.3 is 14.6 Å². The molecule has 2 unspecified atom stereocenters. The first-order valence-corrected chi connectivity index (χ1v) is 5.90. The molecule has 1 aliphatic rings. The van der Waals surface area contributed by atoms with Crippen LogP contribution < -0.4 is 5.32 Å². The lowest BCUT2D eigenvalue weighted by atomic mass is 9.64. The van der Waals surface area contributed by atoms with Gasteiger partial charge in [-0.3, -0.25) is 0 Å². The Hall–Kier alpha value is -1.03. The van der Waals surface area contributed by atoms with Crippen LogP contribution in [-0.2, 0) is 11.3 Å². The number of nitrogens with one attached hydrogen (secondary N) is 1. The summed E-state index contributed by atoms with van der Waals surface area (Å²) in [6.45, 7) is 7.54. The Morgan fingerprint density at radius 2 is 2.38 bits per heavy atom. The maximum absolute atomic E-state index is 5.44. The normalized spacial score (nSPS) is 27.5. The average Bonchev–Trinajstić information content (AvgIpc) is 2.70. The van der Waals surface area contributed by atoms with Crippen LogP contribution in [0.15, 0.2) is 12.4 Å². The van der Waals surface area contributed by atoms with Crippen LogP contribution in [0.1, 0.15) is 27.2 Å². The Bertz CT molecular complexity index is 359. The zero-order chi connectivity index (χ0) is 11.8. The SMILES string of the molecule is CCn1ccnc1NC1CC(OC)C1(C)C. The van der Waals surface area contributed by atoms with E-state index in [0.717, 1.165) is 18.9 Å². The van der Waals surface area contributed by atoms with E-state index >= 15 is 0 Å². The van der Waals surface area contributed by atoms with Crippen LogP contribution in [0.3, 0.4) is 0 Å². The van der Waals surface area contributed by atoms with E-state index in [9.17, 15) is 0 Å². The van der Waals surface area contributed by atoms with Gasteiger partial charge in [-0.2, -0.15) is 0 Å². The molecule has 4 nitrogen and oxygen atoms in total. The van der Waals surface area contributed by atoms with Gasteiger partial charge in [0.05, 0.1) is 6.10 Å². The molecule has 2 rings (SSSR count). The summed E-state index contributed by atoms with van der Waals surface area (Å²) in [7, 11) is 1.79. The topological polar surface area (TPSA) is 39.1 Å². The molecule has 16 heavy (non-hydrogen) atoms. The lowest BCUT2D eigenvalue weighted by Crippen LogP contribution is -2.58. The molecule has 1 aromatic heterocycles. The van der Waals surface area contributed by atoms with Crippen molar-refractivity contribution in [3.05, 3.63) is 12.4 Å². The van der Waals surface area contributed by atoms with Crippen LogP contribution in [0.4, 0.5) is 5.95 Å². The van der Waals surface area contributed by atoms with Gasteiger partial charge in [-0.1, -0.05) is 13.8 Å². The minimum Gasteiger partial charge on any atom is -0.381 e. The minimum atomic E-state index is 0.180. The Morgan fingerprint density at radius 1 is 1.62 bits per heavy atom. The number of imidazole rings is 1. The number of hydrogen-bond acceptors (Lipinski definition) is 3. The number of ether oxygens (including phenoxy) is 1. The van der Waals surface area contributed by atoms with Gasteiger partial charge in [-0.05, 0) is 13.3 Å². The predicted molar refractivity (Wildman–Crippen MR) is 64.5 cm³/mol. The molecule has 90 valence electrons. The number of anilines is 1. The van der Waals surface area contributed by atoms with Crippen molar-refractivity contribution in [2.24, 2.45) is 5.41 Å². The maximum atomic E-state index is 5.44. The van der Waals surface area contributed by atoms with Crippen LogP contribution in [0, 0.1) is 5.41 Å². The van der Waals surface area contributed by atoms with Gasteiger partial charge in [0, 0.05) is 37.5 Å². The molecule has 0 aromatic carbocycles. The molecule has 2 atom stereocenters. The third-order valence-electron chi connectivity index (χ3n) is 3.82. The molecular formula is C12H21N3O. The first-order chi connectivity index (χ1) is 7.59. The fraction of sp³-hybridized carbons (Fsp3) is 0.750. The summed E-state index contributed by atoms with van der Waals surface area (Å²) < 4.78 is 7.56. The van der Waals surface area contributed by atoms with Crippen molar-refractivity contribution in [1.82, 2.24) is 9.55 Å². The highest BCUT2D eigenvalue weighted by molar-refractivity contribution is 5.31. The molecule has 1 aliphatic carbocycles. The van der Waals surface area contributed by atoms with E-state index in [1.54, 1.807) is 7.11 Å². The quantitative estimate of drug-likeness (QED) is 0.850. The number of nitrogens with zero attached hydrogens (tertiary/aromatic N) is 2. The zero-order valence-corrected chi connectivity index (χ0v) is 10.5. The molecule has 4 heteroatoms. The van der Waals surface area contributed by atoms with Crippen molar-refractivity contribution >= 4 is 5.95 Å². The third-order valence-corrected chi connectivity index (χ3v) is 3.82. The molecule has 0 saturated heterocycles. The first-order valence-electron chi connectivity index (χ1n) is 5.90. The standard InChI is InChI=1S/C12H21N3O/c1-5-15-7-6-13-11(15)14-9-8-10(16-4)12(9,2)3/h6-7,9-10H,5,8H2,1-4H3,(H,13,14). The van der Waals surface area contributed by atoms with Crippen LogP contribution in [0.5, 0.6) is 0 Å². The molecule has 1 fully saturated rings. The van der Waals surface area contributed by atoms with E-state index < -0.39 is 0 Å². The second-order valence-corrected chi connectivity index (χ2v) is 5.02. The molecule has 0 spiro atoms. The molecule has 1 saturated carbocycles. The van der Waals surface area contributed by atoms with Crippen molar-refractivity contribution in [2.75, 3.05) is 12.4 Å². The lowest BCUT2D eigenvalue weighted by molar-refractivity contribution is -0.0797. The molecule has 1 N–H and O–H groups in total. The summed E-state index contributed by atoms with van der Waals surface area (Å²) in [5, 5.41) is 3.50. The molecular weight excluding hydrogens is 202 g/mol. The molecule has 0 bridgehead atoms. The summed E-state index contributed by atoms with van der Waals surface area (Å²) >= 11 is 0. The smallest absolute Gasteiger partial charge is 0.202 e. The first kappa shape index (κ1) is 11.5. The highest BCUT2D eigenvalue weighted by Gasteiger charge is 2.48. The van der Waals surface area contributed by atoms with Crippen LogP contribution in [0.25, 0.3) is 0 Å². The average molecular weight is 223 g/mol. The number of hydrogen-bond donors (Lipinski definition) is 1. The number of aryl methyl sites for hydroxylation is 1. The van der Waals surface area contributed by atoms with Crippen molar-refractivity contribution < 1.29 is 4.74 Å². The molecule has 1 aromatic rings. The molecule has 0 radical (unpaired) electrons. The Morgan fingerprint density at radius 3 is 2.94 bits per heavy atom. The summed E-state index contributed by atoms with van der Waals surface area (Å²) in [4.78, 5) is 4.34. The van der Waals surface area contributed by atoms with Gasteiger partial charge in [0.2, 0.25) is 5.95 Å². The summed E-state index contributed by atoms with van der Waals surface area (Å²) in [5.41, 5.74) is 0.180. The molecule has 0 aliphatic heterocycles. The second kappa shape index (κ2) is 4.09. The van der Waals surface area contributed by atoms with E-state index in [1.807, 2.05) is 12.4 Å². The fourth-order valence-corrected chi connectivity index (χ4v) is 2.39. The number of methoxy groups -OCH3 is 1. The largest absolute Gasteiger partial charge is 0.381 e. The van der Waals surface area contributed by atoms with Crippen LogP contribution in [-0.4, -0.2) is 28.8 Å². The molecule has 0 amide bonds. The Labute approximate surface area is 97.0 Å². The van der Waals surface area contributed by atoms with Gasteiger partial charge in [0.15, 0.2) is 0 Å². The predicted octanol–water partition coefficient (Wildman–Crippen LogP) is 2.13. The van der Waals surface area contributed by atoms with Gasteiger partial charge in [0.1, 0.15) is 0 Å². The van der Waals surface area contributed by atoms with Gasteiger partial charge in [-0.25, -0.2) is 4.98 Å². The zero-order valence-electron chi connectivity index (χ0n) is 10.5. The fourth-order valence-electron chi connectivity index (χ4n) is 2.39. The van der Waals surface area contributed by atoms with E-state index in [2.05, 4.69) is 35.6 Å². The van der Waals surface area contributed by atoms with E-state index in [4.69, 9.17) is 4.74 Å². The number of rotatable bonds is 4. The monoisotopic (exact) mass is 223 g/mol. The summed E-state index contributed by atoms with van der Waals surface area (Å²) in [6.07, 6.45) is 5.25. The van der Waals surface area contributed by atoms with Crippen LogP contribution in [0.2, 0.25) is 0 Å². The van der Waals surface area contributed by atoms with Crippen molar-refractivity contribution in [3.8, 4) is 0 Å². The summed E-state index contributed by atoms with van der Waals surface area (Å²) in [6, 6.07) is 0.449. The van der Waals surface area contributed by atoms with Gasteiger partial charge in [-0.15, -0.1) is 0 Å². The molecule has 1 heterocycles. The Kier molecular flexibility index (Phi) is 2.93. The van der Waals surface area contributed by atoms with Gasteiger partial charge in [0.25, 0.3) is 0 Å². The Balaban J connectivity index is 2.02. The second-order valence-electron chi connectivity index (χ2n) is 5.02. The highest BCUT2D eigenvalue weighted by Crippen LogP contribution is 2.43. The highest BCUT2D eigenvalue weighted by atomic mass is 16.5. The third kappa shape index (κ3) is 1.71. The van der Waals surface area contributed by atoms with Gasteiger partial charge >= 0.3 is 0 Å². The minimum absolute atomic E-state index is 0.180.